The molecule has 0 aliphatic carbocycles. The Balaban J connectivity index is 1.40. The molecule has 1 fully saturated rings. The average molecular weight is 552 g/mol. The summed E-state index contributed by atoms with van der Waals surface area (Å²) in [6.45, 7) is 1.10. The summed E-state index contributed by atoms with van der Waals surface area (Å²) in [6, 6.07) is 21.2. The van der Waals surface area contributed by atoms with Crippen LogP contribution in [0.15, 0.2) is 93.4 Å². The maximum absolute atomic E-state index is 13.8. The maximum atomic E-state index is 13.8. The van der Waals surface area contributed by atoms with E-state index >= 15 is 0 Å². The van der Waals surface area contributed by atoms with E-state index in [1.54, 1.807) is 42.6 Å². The van der Waals surface area contributed by atoms with Crippen LogP contribution in [0.3, 0.4) is 0 Å². The number of hydrogen-bond donors (Lipinski definition) is 1. The van der Waals surface area contributed by atoms with Crippen LogP contribution in [-0.2, 0) is 24.2 Å². The van der Waals surface area contributed by atoms with Crippen LogP contribution in [0.25, 0.3) is 16.6 Å². The Morgan fingerprint density at radius 2 is 1.80 bits per heavy atom. The summed E-state index contributed by atoms with van der Waals surface area (Å²) in [7, 11) is 0. The van der Waals surface area contributed by atoms with Crippen molar-refractivity contribution >= 4 is 22.5 Å². The molecule has 0 unspecified atom stereocenters. The van der Waals surface area contributed by atoms with Gasteiger partial charge in [-0.3, -0.25) is 27.9 Å². The highest BCUT2D eigenvalue weighted by molar-refractivity contribution is 5.97. The molecule has 4 heterocycles. The number of nitrogens with one attached hydrogen (secondary N) is 1. The molecule has 1 aliphatic heterocycles. The number of fused-ring (bicyclic) bond motifs is 2. The van der Waals surface area contributed by atoms with Crippen molar-refractivity contribution in [3.05, 3.63) is 127 Å². The maximum Gasteiger partial charge on any atom is 0.331 e. The van der Waals surface area contributed by atoms with Gasteiger partial charge in [-0.25, -0.2) is 9.78 Å². The first-order valence-corrected chi connectivity index (χ1v) is 13.7. The molecular formula is C31H29N5O5. The Morgan fingerprint density at radius 3 is 2.61 bits per heavy atom. The van der Waals surface area contributed by atoms with Gasteiger partial charge in [-0.05, 0) is 55.2 Å². The van der Waals surface area contributed by atoms with E-state index in [2.05, 4.69) is 10.3 Å². The highest BCUT2D eigenvalue weighted by Crippen LogP contribution is 2.16. The third-order valence-corrected chi connectivity index (χ3v) is 7.38. The number of carbonyl (C=O) groups is 1. The van der Waals surface area contributed by atoms with Crippen molar-refractivity contribution in [2.24, 2.45) is 0 Å². The van der Waals surface area contributed by atoms with Crippen LogP contribution in [0.2, 0.25) is 0 Å². The molecule has 1 amide bonds. The van der Waals surface area contributed by atoms with Gasteiger partial charge < -0.3 is 10.1 Å². The fourth-order valence-electron chi connectivity index (χ4n) is 5.28. The number of benzene rings is 2. The van der Waals surface area contributed by atoms with Crippen molar-refractivity contribution in [3.63, 3.8) is 0 Å². The fourth-order valence-corrected chi connectivity index (χ4v) is 5.28. The first kappa shape index (κ1) is 26.4. The van der Waals surface area contributed by atoms with Gasteiger partial charge in [-0.15, -0.1) is 0 Å². The van der Waals surface area contributed by atoms with Crippen LogP contribution < -0.4 is 22.1 Å². The van der Waals surface area contributed by atoms with Gasteiger partial charge in [0.25, 0.3) is 17.0 Å². The number of aromatic nitrogens is 4. The van der Waals surface area contributed by atoms with E-state index in [1.807, 2.05) is 30.3 Å². The third kappa shape index (κ3) is 5.46. The molecule has 1 aliphatic rings. The minimum Gasteiger partial charge on any atom is -0.376 e. The van der Waals surface area contributed by atoms with Gasteiger partial charge in [-0.1, -0.05) is 36.4 Å². The van der Waals surface area contributed by atoms with Crippen LogP contribution in [-0.4, -0.2) is 43.7 Å². The standard InChI is InChI=1S/C31H29N5O5/c37-28-18-23(33-27-10-4-5-15-34(27)28)19-35-26-17-22(29(38)32-14-13-21-7-2-1-3-8-21)11-12-25(26)30(39)36(31(35)40)20-24-9-6-16-41-24/h1-5,7-8,10-12,15,17-18,24H,6,9,13-14,16,19-20H2,(H,32,38)/t24-/m0/s1. The smallest absolute Gasteiger partial charge is 0.331 e. The zero-order chi connectivity index (χ0) is 28.3. The number of hydrogen-bond acceptors (Lipinski definition) is 6. The van der Waals surface area contributed by atoms with Gasteiger partial charge in [0.2, 0.25) is 0 Å². The normalized spacial score (nSPS) is 15.0. The summed E-state index contributed by atoms with van der Waals surface area (Å²) < 4.78 is 9.72. The summed E-state index contributed by atoms with van der Waals surface area (Å²) in [5.74, 6) is -0.313. The molecule has 0 bridgehead atoms. The summed E-state index contributed by atoms with van der Waals surface area (Å²) >= 11 is 0. The largest absolute Gasteiger partial charge is 0.376 e. The zero-order valence-electron chi connectivity index (χ0n) is 22.4. The van der Waals surface area contributed by atoms with E-state index in [-0.39, 0.29) is 30.7 Å². The van der Waals surface area contributed by atoms with Gasteiger partial charge in [0, 0.05) is 31.0 Å². The molecule has 208 valence electrons. The molecular weight excluding hydrogens is 522 g/mol. The Labute approximate surface area is 234 Å². The van der Waals surface area contributed by atoms with Crippen molar-refractivity contribution in [1.29, 1.82) is 0 Å². The molecule has 0 spiro atoms. The van der Waals surface area contributed by atoms with Crippen LogP contribution in [0, 0.1) is 0 Å². The van der Waals surface area contributed by atoms with Crippen LogP contribution in [0.5, 0.6) is 0 Å². The Hall–Kier alpha value is -4.83. The van der Waals surface area contributed by atoms with E-state index in [1.165, 1.54) is 19.6 Å². The van der Waals surface area contributed by atoms with Gasteiger partial charge in [0.15, 0.2) is 0 Å². The summed E-state index contributed by atoms with van der Waals surface area (Å²) in [5, 5.41) is 3.21. The van der Waals surface area contributed by atoms with Crippen molar-refractivity contribution in [2.75, 3.05) is 13.2 Å². The number of pyridine rings is 1. The molecule has 1 saturated heterocycles. The number of rotatable bonds is 8. The van der Waals surface area contributed by atoms with E-state index in [4.69, 9.17) is 4.74 Å². The second-order valence-electron chi connectivity index (χ2n) is 10.2. The average Bonchev–Trinajstić information content (AvgIpc) is 3.51. The molecule has 1 N–H and O–H groups in total. The summed E-state index contributed by atoms with van der Waals surface area (Å²) in [6.07, 6.45) is 3.69. The second-order valence-corrected chi connectivity index (χ2v) is 10.2. The number of nitrogens with zero attached hydrogens (tertiary/aromatic N) is 4. The third-order valence-electron chi connectivity index (χ3n) is 7.38. The lowest BCUT2D eigenvalue weighted by Crippen LogP contribution is -2.43. The highest BCUT2D eigenvalue weighted by atomic mass is 16.5. The van der Waals surface area contributed by atoms with Crippen molar-refractivity contribution in [2.45, 2.75) is 38.5 Å². The molecule has 0 radical (unpaired) electrons. The molecule has 3 aromatic heterocycles. The molecule has 5 aromatic rings. The van der Waals surface area contributed by atoms with E-state index in [0.717, 1.165) is 18.4 Å². The molecule has 10 nitrogen and oxygen atoms in total. The second kappa shape index (κ2) is 11.3. The quantitative estimate of drug-likeness (QED) is 0.317. The van der Waals surface area contributed by atoms with Gasteiger partial charge >= 0.3 is 5.69 Å². The minimum atomic E-state index is -0.547. The fraction of sp³-hybridized carbons (Fsp3) is 0.258. The van der Waals surface area contributed by atoms with E-state index in [9.17, 15) is 19.2 Å². The molecule has 10 heteroatoms. The predicted molar refractivity (Wildman–Crippen MR) is 154 cm³/mol. The van der Waals surface area contributed by atoms with Crippen LogP contribution in [0.4, 0.5) is 0 Å². The first-order valence-electron chi connectivity index (χ1n) is 13.7. The molecule has 2 aromatic carbocycles. The topological polar surface area (TPSA) is 117 Å². The summed E-state index contributed by atoms with van der Waals surface area (Å²) in [5.41, 5.74) is 1.26. The lowest BCUT2D eigenvalue weighted by Gasteiger charge is -2.17. The molecule has 0 saturated carbocycles. The Bertz CT molecular complexity index is 1920. The lowest BCUT2D eigenvalue weighted by atomic mass is 10.1. The van der Waals surface area contributed by atoms with Gasteiger partial charge in [0.05, 0.1) is 35.8 Å². The molecule has 1 atom stereocenters. The van der Waals surface area contributed by atoms with Crippen molar-refractivity contribution in [3.8, 4) is 0 Å². The Kier molecular flexibility index (Phi) is 7.30. The lowest BCUT2D eigenvalue weighted by molar-refractivity contribution is 0.0948. The molecule has 6 rings (SSSR count). The highest BCUT2D eigenvalue weighted by Gasteiger charge is 2.22. The monoisotopic (exact) mass is 551 g/mol. The van der Waals surface area contributed by atoms with E-state index in [0.29, 0.717) is 47.4 Å². The molecule has 41 heavy (non-hydrogen) atoms. The zero-order valence-corrected chi connectivity index (χ0v) is 22.4. The number of ether oxygens (including phenoxy) is 1. The predicted octanol–water partition coefficient (Wildman–Crippen LogP) is 2.37. The first-order chi connectivity index (χ1) is 20.0. The summed E-state index contributed by atoms with van der Waals surface area (Å²) in [4.78, 5) is 57.7. The SMILES string of the molecule is O=C(NCCc1ccccc1)c1ccc2c(=O)n(C[C@@H]3CCCO3)c(=O)n(Cc3cc(=O)n4ccccc4n3)c2c1. The van der Waals surface area contributed by atoms with Gasteiger partial charge in [0.1, 0.15) is 5.65 Å². The van der Waals surface area contributed by atoms with Crippen LogP contribution >= 0.6 is 0 Å². The van der Waals surface area contributed by atoms with Crippen molar-refractivity contribution < 1.29 is 9.53 Å². The van der Waals surface area contributed by atoms with E-state index < -0.39 is 11.2 Å². The van der Waals surface area contributed by atoms with Crippen molar-refractivity contribution in [1.82, 2.24) is 23.8 Å². The van der Waals surface area contributed by atoms with Crippen LogP contribution in [0.1, 0.15) is 34.5 Å². The van der Waals surface area contributed by atoms with Gasteiger partial charge in [-0.2, -0.15) is 0 Å². The number of amides is 1. The number of carbonyl (C=O) groups excluding carboxylic acids is 1. The minimum absolute atomic E-state index is 0.0547. The Morgan fingerprint density at radius 1 is 0.976 bits per heavy atom.